The molecule has 130 valence electrons. The standard InChI is InChI=1S/C18H17NO6/c1-23-16-5-3-2-4-15(16)19-17(21)11-25-18(22)12-24-14-8-6-13(10-20)7-9-14/h2-10H,11-12H2,1H3,(H,19,21). The zero-order valence-electron chi connectivity index (χ0n) is 13.6. The molecule has 2 rings (SSSR count). The zero-order chi connectivity index (χ0) is 18.1. The fourth-order valence-corrected chi connectivity index (χ4v) is 1.91. The van der Waals surface area contributed by atoms with Crippen molar-refractivity contribution < 1.29 is 28.6 Å². The molecule has 0 saturated heterocycles. The van der Waals surface area contributed by atoms with E-state index in [1.165, 1.54) is 7.11 Å². The highest BCUT2D eigenvalue weighted by Gasteiger charge is 2.11. The number of amides is 1. The molecule has 0 spiro atoms. The molecule has 25 heavy (non-hydrogen) atoms. The molecule has 0 aliphatic carbocycles. The van der Waals surface area contributed by atoms with Crippen LogP contribution in [0, 0.1) is 0 Å². The molecule has 0 fully saturated rings. The van der Waals surface area contributed by atoms with E-state index < -0.39 is 18.5 Å². The molecule has 7 nitrogen and oxygen atoms in total. The van der Waals surface area contributed by atoms with Crippen LogP contribution in [0.25, 0.3) is 0 Å². The number of rotatable bonds is 8. The van der Waals surface area contributed by atoms with E-state index in [0.29, 0.717) is 29.0 Å². The molecule has 0 aliphatic rings. The minimum Gasteiger partial charge on any atom is -0.495 e. The lowest BCUT2D eigenvalue weighted by molar-refractivity contribution is -0.149. The Morgan fingerprint density at radius 3 is 2.44 bits per heavy atom. The number of hydrogen-bond acceptors (Lipinski definition) is 6. The van der Waals surface area contributed by atoms with E-state index in [0.717, 1.165) is 0 Å². The number of esters is 1. The number of para-hydroxylation sites is 2. The monoisotopic (exact) mass is 343 g/mol. The summed E-state index contributed by atoms with van der Waals surface area (Å²) in [7, 11) is 1.49. The lowest BCUT2D eigenvalue weighted by atomic mass is 10.2. The Bertz CT molecular complexity index is 741. The Hall–Kier alpha value is -3.35. The summed E-state index contributed by atoms with van der Waals surface area (Å²) in [6, 6.07) is 13.1. The van der Waals surface area contributed by atoms with Crippen molar-refractivity contribution in [3.63, 3.8) is 0 Å². The van der Waals surface area contributed by atoms with Gasteiger partial charge >= 0.3 is 5.97 Å². The zero-order valence-corrected chi connectivity index (χ0v) is 13.6. The first-order chi connectivity index (χ1) is 12.1. The lowest BCUT2D eigenvalue weighted by Gasteiger charge is -2.10. The summed E-state index contributed by atoms with van der Waals surface area (Å²) in [4.78, 5) is 34.0. The maximum absolute atomic E-state index is 11.8. The van der Waals surface area contributed by atoms with E-state index in [1.807, 2.05) is 0 Å². The number of aldehydes is 1. The van der Waals surface area contributed by atoms with E-state index >= 15 is 0 Å². The predicted molar refractivity (Wildman–Crippen MR) is 89.9 cm³/mol. The van der Waals surface area contributed by atoms with E-state index in [4.69, 9.17) is 14.2 Å². The van der Waals surface area contributed by atoms with Crippen molar-refractivity contribution in [1.29, 1.82) is 0 Å². The summed E-state index contributed by atoms with van der Waals surface area (Å²) >= 11 is 0. The van der Waals surface area contributed by atoms with Crippen LogP contribution in [0.2, 0.25) is 0 Å². The number of hydrogen-bond donors (Lipinski definition) is 1. The quantitative estimate of drug-likeness (QED) is 0.583. The van der Waals surface area contributed by atoms with Crippen LogP contribution in [0.4, 0.5) is 5.69 Å². The Kier molecular flexibility index (Phi) is 6.53. The molecule has 0 atom stereocenters. The second-order valence-electron chi connectivity index (χ2n) is 4.88. The van der Waals surface area contributed by atoms with E-state index in [-0.39, 0.29) is 6.61 Å². The fourth-order valence-electron chi connectivity index (χ4n) is 1.91. The van der Waals surface area contributed by atoms with Crippen molar-refractivity contribution in [1.82, 2.24) is 0 Å². The van der Waals surface area contributed by atoms with Gasteiger partial charge in [-0.3, -0.25) is 9.59 Å². The van der Waals surface area contributed by atoms with Gasteiger partial charge in [0, 0.05) is 5.56 Å². The Morgan fingerprint density at radius 1 is 1.04 bits per heavy atom. The first kappa shape index (κ1) is 18.0. The molecule has 2 aromatic rings. The van der Waals surface area contributed by atoms with Crippen LogP contribution >= 0.6 is 0 Å². The van der Waals surface area contributed by atoms with Gasteiger partial charge in [0.25, 0.3) is 5.91 Å². The van der Waals surface area contributed by atoms with E-state index in [9.17, 15) is 14.4 Å². The normalized spacial score (nSPS) is 9.80. The first-order valence-corrected chi connectivity index (χ1v) is 7.39. The summed E-state index contributed by atoms with van der Waals surface area (Å²) in [6.07, 6.45) is 0.707. The van der Waals surface area contributed by atoms with Crippen LogP contribution in [0.15, 0.2) is 48.5 Å². The number of carbonyl (C=O) groups is 3. The molecule has 2 aromatic carbocycles. The third-order valence-electron chi connectivity index (χ3n) is 3.12. The second-order valence-corrected chi connectivity index (χ2v) is 4.88. The number of ether oxygens (including phenoxy) is 3. The van der Waals surface area contributed by atoms with Gasteiger partial charge in [-0.1, -0.05) is 12.1 Å². The third-order valence-corrected chi connectivity index (χ3v) is 3.12. The summed E-state index contributed by atoms with van der Waals surface area (Å²) in [5.74, 6) is -0.256. The second kappa shape index (κ2) is 9.07. The Morgan fingerprint density at radius 2 is 1.76 bits per heavy atom. The maximum atomic E-state index is 11.8. The number of anilines is 1. The van der Waals surface area contributed by atoms with Crippen molar-refractivity contribution in [3.8, 4) is 11.5 Å². The van der Waals surface area contributed by atoms with Crippen molar-refractivity contribution in [3.05, 3.63) is 54.1 Å². The molecule has 1 amide bonds. The van der Waals surface area contributed by atoms with Crippen LogP contribution in [-0.4, -0.2) is 38.5 Å². The number of benzene rings is 2. The Balaban J connectivity index is 1.75. The van der Waals surface area contributed by atoms with Gasteiger partial charge in [-0.25, -0.2) is 4.79 Å². The molecule has 0 bridgehead atoms. The minimum atomic E-state index is -0.686. The van der Waals surface area contributed by atoms with Crippen molar-refractivity contribution in [2.75, 3.05) is 25.6 Å². The van der Waals surface area contributed by atoms with Gasteiger partial charge in [0.05, 0.1) is 12.8 Å². The van der Waals surface area contributed by atoms with Crippen LogP contribution in [0.3, 0.4) is 0 Å². The maximum Gasteiger partial charge on any atom is 0.344 e. The summed E-state index contributed by atoms with van der Waals surface area (Å²) in [5.41, 5.74) is 0.987. The average Bonchev–Trinajstić information content (AvgIpc) is 2.65. The summed E-state index contributed by atoms with van der Waals surface area (Å²) in [5, 5.41) is 2.59. The van der Waals surface area contributed by atoms with Crippen molar-refractivity contribution >= 4 is 23.9 Å². The molecule has 1 N–H and O–H groups in total. The molecular weight excluding hydrogens is 326 g/mol. The topological polar surface area (TPSA) is 90.9 Å². The van der Waals surface area contributed by atoms with Gasteiger partial charge in [-0.2, -0.15) is 0 Å². The number of methoxy groups -OCH3 is 1. The average molecular weight is 343 g/mol. The van der Waals surface area contributed by atoms with E-state index in [1.54, 1.807) is 48.5 Å². The van der Waals surface area contributed by atoms with Gasteiger partial charge in [0.1, 0.15) is 17.8 Å². The van der Waals surface area contributed by atoms with Crippen molar-refractivity contribution in [2.24, 2.45) is 0 Å². The Labute approximate surface area is 144 Å². The highest BCUT2D eigenvalue weighted by Crippen LogP contribution is 2.22. The smallest absolute Gasteiger partial charge is 0.344 e. The van der Waals surface area contributed by atoms with Crippen LogP contribution in [0.5, 0.6) is 11.5 Å². The largest absolute Gasteiger partial charge is 0.495 e. The number of carbonyl (C=O) groups excluding carboxylic acids is 3. The molecule has 0 unspecified atom stereocenters. The van der Waals surface area contributed by atoms with Crippen molar-refractivity contribution in [2.45, 2.75) is 0 Å². The van der Waals surface area contributed by atoms with Gasteiger partial charge in [-0.05, 0) is 36.4 Å². The highest BCUT2D eigenvalue weighted by atomic mass is 16.6. The molecule has 0 aliphatic heterocycles. The molecule has 0 heterocycles. The van der Waals surface area contributed by atoms with Crippen LogP contribution in [-0.2, 0) is 14.3 Å². The van der Waals surface area contributed by atoms with Gasteiger partial charge in [0.2, 0.25) is 0 Å². The highest BCUT2D eigenvalue weighted by molar-refractivity contribution is 5.94. The fraction of sp³-hybridized carbons (Fsp3) is 0.167. The van der Waals surface area contributed by atoms with Crippen LogP contribution in [0.1, 0.15) is 10.4 Å². The number of nitrogens with one attached hydrogen (secondary N) is 1. The van der Waals surface area contributed by atoms with E-state index in [2.05, 4.69) is 5.32 Å². The SMILES string of the molecule is COc1ccccc1NC(=O)COC(=O)COc1ccc(C=O)cc1. The van der Waals surface area contributed by atoms with Gasteiger partial charge in [-0.15, -0.1) is 0 Å². The predicted octanol–water partition coefficient (Wildman–Crippen LogP) is 2.07. The summed E-state index contributed by atoms with van der Waals surface area (Å²) in [6.45, 7) is -0.785. The van der Waals surface area contributed by atoms with Gasteiger partial charge < -0.3 is 19.5 Å². The molecule has 0 aromatic heterocycles. The lowest BCUT2D eigenvalue weighted by Crippen LogP contribution is -2.23. The molecule has 7 heteroatoms. The van der Waals surface area contributed by atoms with Crippen LogP contribution < -0.4 is 14.8 Å². The van der Waals surface area contributed by atoms with Gasteiger partial charge in [0.15, 0.2) is 13.2 Å². The summed E-state index contributed by atoms with van der Waals surface area (Å²) < 4.78 is 15.2. The molecule has 0 radical (unpaired) electrons. The third kappa shape index (κ3) is 5.65. The first-order valence-electron chi connectivity index (χ1n) is 7.39. The molecular formula is C18H17NO6. The minimum absolute atomic E-state index is 0.345. The molecule has 0 saturated carbocycles.